The first-order chi connectivity index (χ1) is 16.3. The standard InChI is InChI=1S/C28H27NO5/c1-16(2)20-15-18(13-14-23(20)34-4)26(31)24-25(19-10-6-5-9-17(19)3)29(28(33)27(24)32)21-11-7-8-12-22(21)30/h5-16,25,30-31H,1-4H3/b26-24+. The van der Waals surface area contributed by atoms with Crippen molar-refractivity contribution in [1.82, 2.24) is 0 Å². The van der Waals surface area contributed by atoms with E-state index in [4.69, 9.17) is 4.74 Å². The molecular weight excluding hydrogens is 430 g/mol. The second-order valence-electron chi connectivity index (χ2n) is 8.63. The fourth-order valence-corrected chi connectivity index (χ4v) is 4.43. The molecule has 0 radical (unpaired) electrons. The van der Waals surface area contributed by atoms with Gasteiger partial charge in [0, 0.05) is 5.56 Å². The van der Waals surface area contributed by atoms with Gasteiger partial charge in [0.25, 0.3) is 11.7 Å². The number of phenols is 1. The number of hydrogen-bond acceptors (Lipinski definition) is 5. The zero-order chi connectivity index (χ0) is 24.6. The van der Waals surface area contributed by atoms with Crippen molar-refractivity contribution in [3.63, 3.8) is 0 Å². The molecule has 6 heteroatoms. The number of carbonyl (C=O) groups is 2. The molecule has 1 aliphatic heterocycles. The number of aryl methyl sites for hydroxylation is 1. The summed E-state index contributed by atoms with van der Waals surface area (Å²) >= 11 is 0. The number of methoxy groups -OCH3 is 1. The summed E-state index contributed by atoms with van der Waals surface area (Å²) in [4.78, 5) is 27.9. The average molecular weight is 458 g/mol. The number of para-hydroxylation sites is 2. The molecule has 1 aliphatic rings. The molecule has 0 saturated carbocycles. The molecule has 1 amide bonds. The lowest BCUT2D eigenvalue weighted by Gasteiger charge is -2.27. The topological polar surface area (TPSA) is 87.1 Å². The van der Waals surface area contributed by atoms with E-state index in [1.54, 1.807) is 43.5 Å². The Morgan fingerprint density at radius 2 is 1.68 bits per heavy atom. The number of ether oxygens (including phenoxy) is 1. The van der Waals surface area contributed by atoms with Crippen LogP contribution in [-0.4, -0.2) is 29.0 Å². The first-order valence-electron chi connectivity index (χ1n) is 11.1. The van der Waals surface area contributed by atoms with Crippen molar-refractivity contribution >= 4 is 23.1 Å². The van der Waals surface area contributed by atoms with Crippen LogP contribution in [0.1, 0.15) is 48.1 Å². The van der Waals surface area contributed by atoms with E-state index in [-0.39, 0.29) is 28.7 Å². The molecule has 0 aliphatic carbocycles. The van der Waals surface area contributed by atoms with Crippen molar-refractivity contribution in [1.29, 1.82) is 0 Å². The zero-order valence-corrected chi connectivity index (χ0v) is 19.6. The van der Waals surface area contributed by atoms with Crippen LogP contribution in [0, 0.1) is 6.92 Å². The van der Waals surface area contributed by atoms with Crippen molar-refractivity contribution in [2.24, 2.45) is 0 Å². The van der Waals surface area contributed by atoms with E-state index in [9.17, 15) is 19.8 Å². The summed E-state index contributed by atoms with van der Waals surface area (Å²) < 4.78 is 5.44. The Morgan fingerprint density at radius 3 is 2.32 bits per heavy atom. The predicted octanol–water partition coefficient (Wildman–Crippen LogP) is 5.46. The van der Waals surface area contributed by atoms with E-state index >= 15 is 0 Å². The number of aromatic hydroxyl groups is 1. The maximum atomic E-state index is 13.3. The van der Waals surface area contributed by atoms with Crippen LogP contribution in [0.5, 0.6) is 11.5 Å². The van der Waals surface area contributed by atoms with Gasteiger partial charge in [-0.15, -0.1) is 0 Å². The number of phenolic OH excluding ortho intramolecular Hbond substituents is 1. The number of amides is 1. The largest absolute Gasteiger partial charge is 0.507 e. The minimum absolute atomic E-state index is 0.0255. The lowest BCUT2D eigenvalue weighted by molar-refractivity contribution is -0.132. The van der Waals surface area contributed by atoms with Crippen LogP contribution in [0.2, 0.25) is 0 Å². The Labute approximate surface area is 198 Å². The van der Waals surface area contributed by atoms with Crippen molar-refractivity contribution in [3.05, 3.63) is 94.6 Å². The highest BCUT2D eigenvalue weighted by Crippen LogP contribution is 2.45. The van der Waals surface area contributed by atoms with Gasteiger partial charge in [-0.25, -0.2) is 0 Å². The first-order valence-corrected chi connectivity index (χ1v) is 11.1. The highest BCUT2D eigenvalue weighted by molar-refractivity contribution is 6.52. The molecule has 1 heterocycles. The molecular formula is C28H27NO5. The summed E-state index contributed by atoms with van der Waals surface area (Å²) in [7, 11) is 1.58. The van der Waals surface area contributed by atoms with Gasteiger partial charge in [-0.2, -0.15) is 0 Å². The maximum absolute atomic E-state index is 13.3. The molecule has 1 fully saturated rings. The molecule has 3 aromatic rings. The fraction of sp³-hybridized carbons (Fsp3) is 0.214. The molecule has 0 bridgehead atoms. The summed E-state index contributed by atoms with van der Waals surface area (Å²) in [6.07, 6.45) is 0. The van der Waals surface area contributed by atoms with Crippen LogP contribution in [-0.2, 0) is 9.59 Å². The van der Waals surface area contributed by atoms with E-state index in [1.165, 1.54) is 11.0 Å². The quantitative estimate of drug-likeness (QED) is 0.302. The Bertz CT molecular complexity index is 1310. The Balaban J connectivity index is 1.99. The Morgan fingerprint density at radius 1 is 1.00 bits per heavy atom. The summed E-state index contributed by atoms with van der Waals surface area (Å²) in [5, 5.41) is 21.9. The van der Waals surface area contributed by atoms with Gasteiger partial charge in [-0.3, -0.25) is 14.5 Å². The zero-order valence-electron chi connectivity index (χ0n) is 19.6. The Hall–Kier alpha value is -4.06. The molecule has 4 rings (SSSR count). The number of ketones is 1. The van der Waals surface area contributed by atoms with Gasteiger partial charge in [0.05, 0.1) is 24.4 Å². The summed E-state index contributed by atoms with van der Waals surface area (Å²) in [6.45, 7) is 5.89. The molecule has 0 aromatic heterocycles. The number of nitrogens with zero attached hydrogens (tertiary/aromatic N) is 1. The van der Waals surface area contributed by atoms with Gasteiger partial charge in [-0.1, -0.05) is 50.2 Å². The third-order valence-corrected chi connectivity index (χ3v) is 6.19. The molecule has 0 spiro atoms. The van der Waals surface area contributed by atoms with E-state index in [0.29, 0.717) is 16.9 Å². The van der Waals surface area contributed by atoms with Gasteiger partial charge < -0.3 is 14.9 Å². The van der Waals surface area contributed by atoms with Crippen LogP contribution < -0.4 is 9.64 Å². The molecule has 174 valence electrons. The summed E-state index contributed by atoms with van der Waals surface area (Å²) in [5.74, 6) is -1.23. The minimum atomic E-state index is -0.904. The van der Waals surface area contributed by atoms with Crippen LogP contribution in [0.4, 0.5) is 5.69 Å². The van der Waals surface area contributed by atoms with E-state index < -0.39 is 17.7 Å². The van der Waals surface area contributed by atoms with Crippen LogP contribution in [0.15, 0.2) is 72.3 Å². The molecule has 1 saturated heterocycles. The first kappa shape index (κ1) is 23.1. The monoisotopic (exact) mass is 457 g/mol. The molecule has 2 N–H and O–H groups in total. The van der Waals surface area contributed by atoms with Gasteiger partial charge in [-0.05, 0) is 59.9 Å². The number of benzene rings is 3. The van der Waals surface area contributed by atoms with Crippen LogP contribution in [0.3, 0.4) is 0 Å². The number of rotatable bonds is 5. The van der Waals surface area contributed by atoms with Gasteiger partial charge in [0.1, 0.15) is 17.3 Å². The highest BCUT2D eigenvalue weighted by Gasteiger charge is 2.48. The van der Waals surface area contributed by atoms with Crippen LogP contribution in [0.25, 0.3) is 5.76 Å². The fourth-order valence-electron chi connectivity index (χ4n) is 4.43. The third-order valence-electron chi connectivity index (χ3n) is 6.19. The van der Waals surface area contributed by atoms with Gasteiger partial charge >= 0.3 is 0 Å². The number of hydrogen-bond donors (Lipinski definition) is 2. The third kappa shape index (κ3) is 3.81. The van der Waals surface area contributed by atoms with Gasteiger partial charge in [0.2, 0.25) is 0 Å². The molecule has 1 unspecified atom stereocenters. The minimum Gasteiger partial charge on any atom is -0.507 e. The normalized spacial score (nSPS) is 17.4. The number of aliphatic hydroxyl groups excluding tert-OH is 1. The Kier molecular flexibility index (Phi) is 6.16. The molecule has 3 aromatic carbocycles. The van der Waals surface area contributed by atoms with E-state index in [1.807, 2.05) is 45.0 Å². The predicted molar refractivity (Wildman–Crippen MR) is 131 cm³/mol. The van der Waals surface area contributed by atoms with Crippen molar-refractivity contribution < 1.29 is 24.5 Å². The number of Topliss-reactive ketones (excluding diaryl/α,β-unsaturated/α-hetero) is 1. The number of carbonyl (C=O) groups excluding carboxylic acids is 2. The lowest BCUT2D eigenvalue weighted by atomic mass is 9.91. The average Bonchev–Trinajstić information content (AvgIpc) is 3.09. The van der Waals surface area contributed by atoms with Crippen molar-refractivity contribution in [2.75, 3.05) is 12.0 Å². The second kappa shape index (κ2) is 9.06. The van der Waals surface area contributed by atoms with Crippen LogP contribution >= 0.6 is 0 Å². The molecule has 6 nitrogen and oxygen atoms in total. The summed E-state index contributed by atoms with van der Waals surface area (Å²) in [6, 6.07) is 18.0. The lowest BCUT2D eigenvalue weighted by Crippen LogP contribution is -2.29. The molecule has 1 atom stereocenters. The van der Waals surface area contributed by atoms with Gasteiger partial charge in [0.15, 0.2) is 0 Å². The summed E-state index contributed by atoms with van der Waals surface area (Å²) in [5.41, 5.74) is 2.99. The number of anilines is 1. The highest BCUT2D eigenvalue weighted by atomic mass is 16.5. The SMILES string of the molecule is COc1ccc(/C(O)=C2\C(=O)C(=O)N(c3ccccc3O)C2c2ccccc2C)cc1C(C)C. The van der Waals surface area contributed by atoms with Crippen molar-refractivity contribution in [3.8, 4) is 11.5 Å². The van der Waals surface area contributed by atoms with E-state index in [0.717, 1.165) is 11.1 Å². The second-order valence-corrected chi connectivity index (χ2v) is 8.63. The van der Waals surface area contributed by atoms with Crippen molar-refractivity contribution in [2.45, 2.75) is 32.7 Å². The van der Waals surface area contributed by atoms with E-state index in [2.05, 4.69) is 0 Å². The smallest absolute Gasteiger partial charge is 0.300 e. The maximum Gasteiger partial charge on any atom is 0.300 e. The molecule has 34 heavy (non-hydrogen) atoms. The number of aliphatic hydroxyl groups is 1.